The number of anilines is 1. The van der Waals surface area contributed by atoms with Gasteiger partial charge in [0.15, 0.2) is 6.61 Å². The zero-order chi connectivity index (χ0) is 23.0. The molecule has 4 rings (SSSR count). The molecule has 0 radical (unpaired) electrons. The van der Waals surface area contributed by atoms with E-state index in [0.29, 0.717) is 11.0 Å². The lowest BCUT2D eigenvalue weighted by atomic mass is 10.1. The van der Waals surface area contributed by atoms with Crippen LogP contribution in [0.15, 0.2) is 24.3 Å². The maximum Gasteiger partial charge on any atom is 0.449 e. The normalized spacial score (nSPS) is 13.2. The number of hydrogen-bond acceptors (Lipinski definition) is 6. The highest BCUT2D eigenvalue weighted by molar-refractivity contribution is 7.17. The van der Waals surface area contributed by atoms with E-state index >= 15 is 0 Å². The van der Waals surface area contributed by atoms with Crippen LogP contribution in [0.3, 0.4) is 0 Å². The number of esters is 1. The van der Waals surface area contributed by atoms with Crippen molar-refractivity contribution in [1.82, 2.24) is 9.55 Å². The molecular weight excluding hydrogens is 449 g/mol. The van der Waals surface area contributed by atoms with E-state index in [1.165, 1.54) is 35.6 Å². The van der Waals surface area contributed by atoms with Gasteiger partial charge in [-0.15, -0.1) is 11.3 Å². The number of fused-ring (bicyclic) bond motifs is 2. The zero-order valence-corrected chi connectivity index (χ0v) is 17.3. The van der Waals surface area contributed by atoms with Crippen LogP contribution in [-0.2, 0) is 39.9 Å². The van der Waals surface area contributed by atoms with Crippen LogP contribution in [0, 0.1) is 0 Å². The Kier molecular flexibility index (Phi) is 5.63. The number of nitrogens with one attached hydrogen (secondary N) is 1. The molecule has 0 unspecified atom stereocenters. The van der Waals surface area contributed by atoms with E-state index in [1.54, 1.807) is 0 Å². The van der Waals surface area contributed by atoms with Gasteiger partial charge in [-0.3, -0.25) is 14.4 Å². The summed E-state index contributed by atoms with van der Waals surface area (Å²) in [5.74, 6) is -3.67. The molecule has 2 amide bonds. The molecule has 0 saturated carbocycles. The lowest BCUT2D eigenvalue weighted by Gasteiger charge is -2.11. The Morgan fingerprint density at radius 3 is 2.69 bits per heavy atom. The molecule has 32 heavy (non-hydrogen) atoms. The molecule has 0 bridgehead atoms. The minimum atomic E-state index is -4.78. The van der Waals surface area contributed by atoms with E-state index in [2.05, 4.69) is 10.3 Å². The highest BCUT2D eigenvalue weighted by atomic mass is 32.1. The number of halogens is 3. The fourth-order valence-electron chi connectivity index (χ4n) is 3.69. The minimum Gasteiger partial charge on any atom is -0.454 e. The van der Waals surface area contributed by atoms with Crippen molar-refractivity contribution < 1.29 is 32.3 Å². The molecule has 168 valence electrons. The Balaban J connectivity index is 1.43. The van der Waals surface area contributed by atoms with Crippen LogP contribution in [0.25, 0.3) is 11.0 Å². The summed E-state index contributed by atoms with van der Waals surface area (Å²) in [6, 6.07) is 5.85. The molecule has 3 aromatic rings. The van der Waals surface area contributed by atoms with Gasteiger partial charge in [-0.25, -0.2) is 4.98 Å². The second kappa shape index (κ2) is 8.26. The number of rotatable bonds is 6. The molecule has 1 aliphatic carbocycles. The van der Waals surface area contributed by atoms with Crippen molar-refractivity contribution in [2.75, 3.05) is 11.9 Å². The third kappa shape index (κ3) is 4.17. The largest absolute Gasteiger partial charge is 0.454 e. The van der Waals surface area contributed by atoms with E-state index in [4.69, 9.17) is 10.5 Å². The van der Waals surface area contributed by atoms with Crippen molar-refractivity contribution in [1.29, 1.82) is 0 Å². The average molecular weight is 466 g/mol. The first-order valence-electron chi connectivity index (χ1n) is 9.57. The number of carbonyl (C=O) groups is 3. The molecule has 12 heteroatoms. The number of alkyl halides is 3. The molecule has 1 aliphatic rings. The number of ether oxygens (including phenoxy) is 1. The standard InChI is InChI=1S/C20H17F3N4O4S/c21-20(22,23)19-25-11-5-1-2-6-12(11)27(19)8-15(29)31-9-14(28)26-18-16(17(24)30)10-4-3-7-13(10)32-18/h1-2,5-6H,3-4,7-9H2,(H2,24,30)(H,26,28). The summed E-state index contributed by atoms with van der Waals surface area (Å²) in [4.78, 5) is 40.7. The summed E-state index contributed by atoms with van der Waals surface area (Å²) in [5, 5.41) is 2.78. The molecule has 0 atom stereocenters. The Labute approximate surface area is 183 Å². The Bertz CT molecular complexity index is 1230. The van der Waals surface area contributed by atoms with Crippen molar-refractivity contribution in [2.45, 2.75) is 32.0 Å². The molecule has 0 saturated heterocycles. The number of hydrogen-bond donors (Lipinski definition) is 2. The summed E-state index contributed by atoms with van der Waals surface area (Å²) < 4.78 is 45.6. The van der Waals surface area contributed by atoms with E-state index in [1.807, 2.05) is 0 Å². The molecule has 0 fully saturated rings. The summed E-state index contributed by atoms with van der Waals surface area (Å²) in [5.41, 5.74) is 6.69. The fourth-order valence-corrected chi connectivity index (χ4v) is 5.00. The number of nitrogens with zero attached hydrogens (tertiary/aromatic N) is 2. The smallest absolute Gasteiger partial charge is 0.449 e. The van der Waals surface area contributed by atoms with Crippen LogP contribution < -0.4 is 11.1 Å². The summed E-state index contributed by atoms with van der Waals surface area (Å²) >= 11 is 1.24. The van der Waals surface area contributed by atoms with Gasteiger partial charge in [-0.2, -0.15) is 13.2 Å². The van der Waals surface area contributed by atoms with Gasteiger partial charge in [0.2, 0.25) is 5.82 Å². The SMILES string of the molecule is NC(=O)c1c(NC(=O)COC(=O)Cn2c(C(F)(F)F)nc3ccccc32)sc2c1CCC2. The molecular formula is C20H17F3N4O4S. The monoisotopic (exact) mass is 466 g/mol. The molecule has 1 aromatic carbocycles. The Morgan fingerprint density at radius 1 is 1.22 bits per heavy atom. The van der Waals surface area contributed by atoms with E-state index in [0.717, 1.165) is 23.3 Å². The number of aryl methyl sites for hydroxylation is 1. The number of para-hydroxylation sites is 2. The third-order valence-corrected chi connectivity index (χ3v) is 6.19. The van der Waals surface area contributed by atoms with Crippen molar-refractivity contribution in [3.8, 4) is 0 Å². The zero-order valence-electron chi connectivity index (χ0n) is 16.5. The number of nitrogens with two attached hydrogens (primary N) is 1. The lowest BCUT2D eigenvalue weighted by Crippen LogP contribution is -2.25. The summed E-state index contributed by atoms with van der Waals surface area (Å²) in [6.07, 6.45) is -2.40. The van der Waals surface area contributed by atoms with Gasteiger partial charge in [0.1, 0.15) is 11.5 Å². The summed E-state index contributed by atoms with van der Waals surface area (Å²) in [7, 11) is 0. The first-order valence-corrected chi connectivity index (χ1v) is 10.4. The van der Waals surface area contributed by atoms with Crippen LogP contribution in [0.5, 0.6) is 0 Å². The average Bonchev–Trinajstić information content (AvgIpc) is 3.39. The van der Waals surface area contributed by atoms with Gasteiger partial charge >= 0.3 is 12.1 Å². The van der Waals surface area contributed by atoms with Crippen LogP contribution >= 0.6 is 11.3 Å². The molecule has 8 nitrogen and oxygen atoms in total. The quantitative estimate of drug-likeness (QED) is 0.542. The Morgan fingerprint density at radius 2 is 1.97 bits per heavy atom. The van der Waals surface area contributed by atoms with Crippen LogP contribution in [0.1, 0.15) is 33.0 Å². The number of amides is 2. The van der Waals surface area contributed by atoms with Gasteiger partial charge in [-0.1, -0.05) is 12.1 Å². The van der Waals surface area contributed by atoms with Crippen LogP contribution in [0.2, 0.25) is 0 Å². The first kappa shape index (κ1) is 21.8. The molecule has 3 N–H and O–H groups in total. The van der Waals surface area contributed by atoms with Crippen LogP contribution in [-0.4, -0.2) is 33.9 Å². The van der Waals surface area contributed by atoms with Gasteiger partial charge in [0.05, 0.1) is 16.6 Å². The fraction of sp³-hybridized carbons (Fsp3) is 0.300. The van der Waals surface area contributed by atoms with E-state index < -0.39 is 42.9 Å². The van der Waals surface area contributed by atoms with Crippen molar-refractivity contribution in [3.05, 3.63) is 46.1 Å². The number of carbonyl (C=O) groups excluding carboxylic acids is 3. The number of primary amides is 1. The van der Waals surface area contributed by atoms with Gasteiger partial charge in [-0.05, 0) is 37.0 Å². The predicted molar refractivity (Wildman–Crippen MR) is 109 cm³/mol. The number of thiophene rings is 1. The first-order chi connectivity index (χ1) is 15.1. The molecule has 2 heterocycles. The highest BCUT2D eigenvalue weighted by Crippen LogP contribution is 2.38. The van der Waals surface area contributed by atoms with E-state index in [9.17, 15) is 27.6 Å². The maximum atomic E-state index is 13.3. The molecule has 0 spiro atoms. The van der Waals surface area contributed by atoms with Crippen LogP contribution in [0.4, 0.5) is 18.2 Å². The number of imidazole rings is 1. The minimum absolute atomic E-state index is 0.0788. The van der Waals surface area contributed by atoms with Crippen molar-refractivity contribution >= 4 is 45.2 Å². The van der Waals surface area contributed by atoms with Crippen molar-refractivity contribution in [3.63, 3.8) is 0 Å². The second-order valence-corrected chi connectivity index (χ2v) is 8.25. The van der Waals surface area contributed by atoms with E-state index in [-0.39, 0.29) is 21.6 Å². The van der Waals surface area contributed by atoms with Crippen molar-refractivity contribution in [2.24, 2.45) is 5.73 Å². The molecule has 2 aromatic heterocycles. The number of aromatic nitrogens is 2. The highest BCUT2D eigenvalue weighted by Gasteiger charge is 2.38. The van der Waals surface area contributed by atoms with Gasteiger partial charge in [0.25, 0.3) is 11.8 Å². The lowest BCUT2D eigenvalue weighted by molar-refractivity contribution is -0.152. The topological polar surface area (TPSA) is 116 Å². The maximum absolute atomic E-state index is 13.3. The third-order valence-electron chi connectivity index (χ3n) is 4.98. The van der Waals surface area contributed by atoms with Gasteiger partial charge < -0.3 is 20.4 Å². The predicted octanol–water partition coefficient (Wildman–Crippen LogP) is 2.89. The second-order valence-electron chi connectivity index (χ2n) is 7.14. The Hall–Kier alpha value is -3.41. The van der Waals surface area contributed by atoms with Gasteiger partial charge in [0, 0.05) is 4.88 Å². The molecule has 0 aliphatic heterocycles. The summed E-state index contributed by atoms with van der Waals surface area (Å²) in [6.45, 7) is -1.50. The number of benzene rings is 1.